The van der Waals surface area contributed by atoms with E-state index in [2.05, 4.69) is 26.6 Å². The molecule has 3 N–H and O–H groups in total. The van der Waals surface area contributed by atoms with E-state index < -0.39 is 17.9 Å². The average molecular weight is 493 g/mol. The van der Waals surface area contributed by atoms with Gasteiger partial charge in [-0.3, -0.25) is 4.79 Å². The minimum Gasteiger partial charge on any atom is -0.507 e. The van der Waals surface area contributed by atoms with Crippen molar-refractivity contribution in [2.75, 3.05) is 26.8 Å². The molecule has 0 aliphatic rings. The summed E-state index contributed by atoms with van der Waals surface area (Å²) in [6, 6.07) is 11.3. The molecule has 0 heterocycles. The highest BCUT2D eigenvalue weighted by atomic mass is 79.9. The molecule has 0 saturated heterocycles. The second kappa shape index (κ2) is 13.0. The molecule has 0 saturated carbocycles. The number of nitrogens with one attached hydrogen (secondary N) is 2. The van der Waals surface area contributed by atoms with E-state index >= 15 is 0 Å². The summed E-state index contributed by atoms with van der Waals surface area (Å²) in [5, 5.41) is 16.1. The first-order valence-corrected chi connectivity index (χ1v) is 11.1. The van der Waals surface area contributed by atoms with Gasteiger partial charge < -0.3 is 25.2 Å². The Morgan fingerprint density at radius 1 is 1.16 bits per heavy atom. The summed E-state index contributed by atoms with van der Waals surface area (Å²) in [7, 11) is 1.89. The van der Waals surface area contributed by atoms with Crippen LogP contribution in [0.1, 0.15) is 35.7 Å². The molecule has 31 heavy (non-hydrogen) atoms. The highest BCUT2D eigenvalue weighted by Crippen LogP contribution is 2.32. The van der Waals surface area contributed by atoms with Crippen molar-refractivity contribution in [2.45, 2.75) is 32.2 Å². The number of amides is 1. The molecule has 1 atom stereocenters. The maximum Gasteiger partial charge on any atom is 0.328 e. The standard InChI is InChI=1S/C23H29BrN2O5/c1-3-30-23(29)19(13-16-9-5-4-6-10-16)26-22(28)17-14-18(24)21(15-20(17)27)31-12-8-7-11-25-2/h4-6,9-10,14-15,19,25,27H,3,7-8,11-13H2,1-2H3,(H,26,28)/t19-/m1/s1. The second-order valence-corrected chi connectivity index (χ2v) is 7.78. The monoisotopic (exact) mass is 492 g/mol. The maximum absolute atomic E-state index is 12.8. The smallest absolute Gasteiger partial charge is 0.328 e. The van der Waals surface area contributed by atoms with Crippen LogP contribution in [0.25, 0.3) is 0 Å². The van der Waals surface area contributed by atoms with E-state index in [4.69, 9.17) is 9.47 Å². The van der Waals surface area contributed by atoms with Gasteiger partial charge >= 0.3 is 5.97 Å². The van der Waals surface area contributed by atoms with Crippen molar-refractivity contribution >= 4 is 27.8 Å². The Bertz CT molecular complexity index is 861. The molecule has 0 fully saturated rings. The number of hydrogen-bond donors (Lipinski definition) is 3. The molecule has 0 spiro atoms. The van der Waals surface area contributed by atoms with Gasteiger partial charge in [0.25, 0.3) is 5.91 Å². The minimum absolute atomic E-state index is 0.0387. The van der Waals surface area contributed by atoms with Gasteiger partial charge in [-0.2, -0.15) is 0 Å². The van der Waals surface area contributed by atoms with Gasteiger partial charge in [-0.15, -0.1) is 0 Å². The molecule has 0 radical (unpaired) electrons. The van der Waals surface area contributed by atoms with Crippen LogP contribution in [-0.2, 0) is 16.0 Å². The van der Waals surface area contributed by atoms with Gasteiger partial charge in [0, 0.05) is 12.5 Å². The van der Waals surface area contributed by atoms with Crippen LogP contribution in [0, 0.1) is 0 Å². The summed E-state index contributed by atoms with van der Waals surface area (Å²) >= 11 is 3.39. The molecule has 168 valence electrons. The lowest BCUT2D eigenvalue weighted by Crippen LogP contribution is -2.43. The van der Waals surface area contributed by atoms with Crippen molar-refractivity contribution in [3.8, 4) is 11.5 Å². The Kier molecular flexibility index (Phi) is 10.3. The number of halogens is 1. The average Bonchev–Trinajstić information content (AvgIpc) is 2.76. The van der Waals surface area contributed by atoms with E-state index in [-0.39, 0.29) is 24.3 Å². The Morgan fingerprint density at radius 3 is 2.58 bits per heavy atom. The van der Waals surface area contributed by atoms with Gasteiger partial charge in [0.2, 0.25) is 0 Å². The number of carbonyl (C=O) groups excluding carboxylic acids is 2. The molecule has 0 aliphatic carbocycles. The number of phenols is 1. The topological polar surface area (TPSA) is 96.9 Å². The third kappa shape index (κ3) is 7.88. The maximum atomic E-state index is 12.8. The number of phenolic OH excluding ortho intramolecular Hbond substituents is 1. The lowest BCUT2D eigenvalue weighted by Gasteiger charge is -2.18. The van der Waals surface area contributed by atoms with Crippen LogP contribution in [0.2, 0.25) is 0 Å². The van der Waals surface area contributed by atoms with Crippen molar-refractivity contribution in [1.82, 2.24) is 10.6 Å². The second-order valence-electron chi connectivity index (χ2n) is 6.93. The zero-order valence-electron chi connectivity index (χ0n) is 17.8. The number of esters is 1. The van der Waals surface area contributed by atoms with Gasteiger partial charge in [0.1, 0.15) is 17.5 Å². The molecule has 2 aromatic rings. The fraction of sp³-hybridized carbons (Fsp3) is 0.391. The minimum atomic E-state index is -0.879. The number of carbonyl (C=O) groups is 2. The molecule has 1 amide bonds. The van der Waals surface area contributed by atoms with Gasteiger partial charge in [-0.1, -0.05) is 30.3 Å². The van der Waals surface area contributed by atoms with Crippen molar-refractivity contribution < 1.29 is 24.2 Å². The van der Waals surface area contributed by atoms with E-state index in [1.165, 1.54) is 12.1 Å². The highest BCUT2D eigenvalue weighted by Gasteiger charge is 2.25. The van der Waals surface area contributed by atoms with Crippen LogP contribution in [0.15, 0.2) is 46.9 Å². The Balaban J connectivity index is 2.10. The summed E-state index contributed by atoms with van der Waals surface area (Å²) in [5.74, 6) is -0.884. The Labute approximate surface area is 191 Å². The van der Waals surface area contributed by atoms with Crippen LogP contribution < -0.4 is 15.4 Å². The molecule has 0 aromatic heterocycles. The number of rotatable bonds is 12. The SMILES string of the molecule is CCOC(=O)[C@@H](Cc1ccccc1)NC(=O)c1cc(Br)c(OCCCCNC)cc1O. The summed E-state index contributed by atoms with van der Waals surface area (Å²) in [6.45, 7) is 3.31. The first-order chi connectivity index (χ1) is 15.0. The molecular formula is C23H29BrN2O5. The first-order valence-electron chi connectivity index (χ1n) is 10.3. The lowest BCUT2D eigenvalue weighted by atomic mass is 10.1. The van der Waals surface area contributed by atoms with E-state index in [1.807, 2.05) is 37.4 Å². The summed E-state index contributed by atoms with van der Waals surface area (Å²) in [6.07, 6.45) is 2.11. The predicted molar refractivity (Wildman–Crippen MR) is 122 cm³/mol. The van der Waals surface area contributed by atoms with Crippen molar-refractivity contribution in [3.05, 3.63) is 58.1 Å². The summed E-state index contributed by atoms with van der Waals surface area (Å²) < 4.78 is 11.3. The van der Waals surface area contributed by atoms with Crippen LogP contribution in [0.5, 0.6) is 11.5 Å². The number of aromatic hydroxyl groups is 1. The van der Waals surface area contributed by atoms with Crippen molar-refractivity contribution in [2.24, 2.45) is 0 Å². The van der Waals surface area contributed by atoms with Crippen molar-refractivity contribution in [1.29, 1.82) is 0 Å². The fourth-order valence-corrected chi connectivity index (χ4v) is 3.40. The number of ether oxygens (including phenoxy) is 2. The largest absolute Gasteiger partial charge is 0.507 e. The third-order valence-corrected chi connectivity index (χ3v) is 5.15. The fourth-order valence-electron chi connectivity index (χ4n) is 2.94. The first kappa shape index (κ1) is 24.7. The van der Waals surface area contributed by atoms with Crippen LogP contribution in [0.3, 0.4) is 0 Å². The highest BCUT2D eigenvalue weighted by molar-refractivity contribution is 9.10. The van der Waals surface area contributed by atoms with Crippen LogP contribution in [0.4, 0.5) is 0 Å². The normalized spacial score (nSPS) is 11.6. The van der Waals surface area contributed by atoms with Crippen LogP contribution >= 0.6 is 15.9 Å². The molecule has 2 rings (SSSR count). The van der Waals surface area contributed by atoms with Gasteiger partial charge in [0.05, 0.1) is 23.2 Å². The lowest BCUT2D eigenvalue weighted by molar-refractivity contribution is -0.145. The summed E-state index contributed by atoms with van der Waals surface area (Å²) in [5.41, 5.74) is 0.921. The zero-order chi connectivity index (χ0) is 22.6. The molecule has 0 unspecified atom stereocenters. The Hall–Kier alpha value is -2.58. The molecular weight excluding hydrogens is 464 g/mol. The van der Waals surface area contributed by atoms with Crippen molar-refractivity contribution in [3.63, 3.8) is 0 Å². The Morgan fingerprint density at radius 2 is 1.90 bits per heavy atom. The van der Waals surface area contributed by atoms with Gasteiger partial charge in [0.15, 0.2) is 0 Å². The molecule has 2 aromatic carbocycles. The third-order valence-electron chi connectivity index (χ3n) is 4.53. The van der Waals surface area contributed by atoms with E-state index in [9.17, 15) is 14.7 Å². The molecule has 8 heteroatoms. The molecule has 7 nitrogen and oxygen atoms in total. The quantitative estimate of drug-likeness (QED) is 0.310. The predicted octanol–water partition coefficient (Wildman–Crippen LogP) is 3.44. The van der Waals surface area contributed by atoms with E-state index in [0.29, 0.717) is 16.8 Å². The van der Waals surface area contributed by atoms with Crippen LogP contribution in [-0.4, -0.2) is 49.8 Å². The zero-order valence-corrected chi connectivity index (χ0v) is 19.4. The molecule has 0 aliphatic heterocycles. The number of benzene rings is 2. The number of hydrogen-bond acceptors (Lipinski definition) is 6. The van der Waals surface area contributed by atoms with E-state index in [1.54, 1.807) is 6.92 Å². The van der Waals surface area contributed by atoms with Gasteiger partial charge in [-0.25, -0.2) is 4.79 Å². The molecule has 0 bridgehead atoms. The number of unbranched alkanes of at least 4 members (excludes halogenated alkanes) is 1. The van der Waals surface area contributed by atoms with E-state index in [0.717, 1.165) is 24.9 Å². The van der Waals surface area contributed by atoms with Gasteiger partial charge in [-0.05, 0) is 60.9 Å². The summed E-state index contributed by atoms with van der Waals surface area (Å²) in [4.78, 5) is 25.2.